The smallest absolute Gasteiger partial charge is 0.251 e. The van der Waals surface area contributed by atoms with Crippen molar-refractivity contribution in [2.75, 3.05) is 11.1 Å². The predicted molar refractivity (Wildman–Crippen MR) is 111 cm³/mol. The number of rotatable bonds is 8. The van der Waals surface area contributed by atoms with Crippen LogP contribution < -0.4 is 10.9 Å². The van der Waals surface area contributed by atoms with Crippen molar-refractivity contribution in [2.24, 2.45) is 0 Å². The molecule has 5 nitrogen and oxygen atoms in total. The van der Waals surface area contributed by atoms with E-state index < -0.39 is 0 Å². The third kappa shape index (κ3) is 6.07. The molecule has 1 unspecified atom stereocenters. The van der Waals surface area contributed by atoms with E-state index in [2.05, 4.69) is 22.2 Å². The van der Waals surface area contributed by atoms with Gasteiger partial charge in [0.05, 0.1) is 10.9 Å². The minimum absolute atomic E-state index is 0.140. The average molecular weight is 412 g/mol. The van der Waals surface area contributed by atoms with Crippen molar-refractivity contribution >= 4 is 46.7 Å². The van der Waals surface area contributed by atoms with Crippen LogP contribution in [0.3, 0.4) is 0 Å². The molecule has 0 saturated carbocycles. The Labute approximate surface area is 166 Å². The lowest BCUT2D eigenvalue weighted by Gasteiger charge is -2.15. The van der Waals surface area contributed by atoms with E-state index in [-0.39, 0.29) is 16.7 Å². The summed E-state index contributed by atoms with van der Waals surface area (Å²) >= 11 is 8.98. The number of carbonyl (C=O) groups is 1. The zero-order chi connectivity index (χ0) is 19.1. The number of amides is 1. The Morgan fingerprint density at radius 3 is 2.81 bits per heavy atom. The predicted octanol–water partition coefficient (Wildman–Crippen LogP) is 4.49. The monoisotopic (exact) mass is 411 g/mol. The number of benzene rings is 1. The molecule has 1 amide bonds. The van der Waals surface area contributed by atoms with Gasteiger partial charge in [-0.3, -0.25) is 9.59 Å². The van der Waals surface area contributed by atoms with Crippen LogP contribution in [0.1, 0.15) is 31.5 Å². The lowest BCUT2D eigenvalue weighted by atomic mass is 10.2. The van der Waals surface area contributed by atoms with Crippen LogP contribution in [0.4, 0.5) is 5.69 Å². The van der Waals surface area contributed by atoms with Gasteiger partial charge in [0.1, 0.15) is 0 Å². The number of thioether (sulfide) groups is 2. The number of aromatic amines is 1. The molecular weight excluding hydrogens is 390 g/mol. The summed E-state index contributed by atoms with van der Waals surface area (Å²) in [6.07, 6.45) is 0.605. The lowest BCUT2D eigenvalue weighted by molar-refractivity contribution is -0.115. The molecule has 140 valence electrons. The van der Waals surface area contributed by atoms with Crippen LogP contribution in [0, 0.1) is 6.92 Å². The Hall–Kier alpha value is -1.44. The van der Waals surface area contributed by atoms with Crippen LogP contribution in [0.15, 0.2) is 34.2 Å². The van der Waals surface area contributed by atoms with Crippen LogP contribution >= 0.6 is 35.1 Å². The maximum absolute atomic E-state index is 12.7. The Balaban J connectivity index is 2.13. The van der Waals surface area contributed by atoms with Gasteiger partial charge in [0, 0.05) is 22.5 Å². The van der Waals surface area contributed by atoms with Gasteiger partial charge in [0.15, 0.2) is 5.16 Å². The molecule has 2 aromatic rings. The van der Waals surface area contributed by atoms with Gasteiger partial charge in [0.25, 0.3) is 5.56 Å². The van der Waals surface area contributed by atoms with Crippen LogP contribution in [0.5, 0.6) is 0 Å². The van der Waals surface area contributed by atoms with Gasteiger partial charge in [-0.15, -0.1) is 0 Å². The van der Waals surface area contributed by atoms with Crippen molar-refractivity contribution < 1.29 is 4.79 Å². The fraction of sp³-hybridized carbons (Fsp3) is 0.389. The molecule has 0 spiro atoms. The van der Waals surface area contributed by atoms with E-state index in [9.17, 15) is 9.59 Å². The van der Waals surface area contributed by atoms with Crippen molar-refractivity contribution in [3.63, 3.8) is 0 Å². The van der Waals surface area contributed by atoms with E-state index in [1.807, 2.05) is 19.9 Å². The maximum Gasteiger partial charge on any atom is 0.251 e. The number of nitrogens with one attached hydrogen (secondary N) is 2. The molecule has 1 aromatic carbocycles. The molecule has 8 heteroatoms. The van der Waals surface area contributed by atoms with E-state index in [0.717, 1.165) is 17.0 Å². The third-order valence-corrected chi connectivity index (χ3v) is 5.99. The van der Waals surface area contributed by atoms with Crippen molar-refractivity contribution in [2.45, 2.75) is 43.4 Å². The van der Waals surface area contributed by atoms with E-state index in [1.165, 1.54) is 17.8 Å². The molecule has 0 fully saturated rings. The highest BCUT2D eigenvalue weighted by Crippen LogP contribution is 2.25. The van der Waals surface area contributed by atoms with Gasteiger partial charge >= 0.3 is 0 Å². The molecule has 0 aliphatic rings. The number of carbonyl (C=O) groups excluding carboxylic acids is 1. The number of aryl methyl sites for hydroxylation is 1. The van der Waals surface area contributed by atoms with E-state index in [4.69, 9.17) is 11.6 Å². The van der Waals surface area contributed by atoms with Gasteiger partial charge in [0.2, 0.25) is 5.91 Å². The fourth-order valence-electron chi connectivity index (χ4n) is 2.22. The summed E-state index contributed by atoms with van der Waals surface area (Å²) in [5, 5.41) is 3.58. The Morgan fingerprint density at radius 1 is 1.35 bits per heavy atom. The largest absolute Gasteiger partial charge is 0.325 e. The highest BCUT2D eigenvalue weighted by Gasteiger charge is 2.20. The molecule has 0 bridgehead atoms. The van der Waals surface area contributed by atoms with Gasteiger partial charge in [-0.25, -0.2) is 4.98 Å². The quantitative estimate of drug-likeness (QED) is 0.494. The Bertz CT molecular complexity index is 826. The molecule has 0 saturated heterocycles. The van der Waals surface area contributed by atoms with Gasteiger partial charge in [-0.05, 0) is 36.8 Å². The highest BCUT2D eigenvalue weighted by molar-refractivity contribution is 8.00. The molecule has 0 aliphatic heterocycles. The Morgan fingerprint density at radius 2 is 2.12 bits per heavy atom. The summed E-state index contributed by atoms with van der Waals surface area (Å²) in [5.41, 5.74) is 2.16. The first-order valence-corrected chi connectivity index (χ1v) is 10.8. The molecule has 1 heterocycles. The number of halogens is 1. The SMILES string of the molecule is CCSCc1cc(=O)[nH]c(SC(CC)C(=O)Nc2cc(Cl)ccc2C)n1. The van der Waals surface area contributed by atoms with Gasteiger partial charge in [-0.2, -0.15) is 11.8 Å². The highest BCUT2D eigenvalue weighted by atomic mass is 35.5. The van der Waals surface area contributed by atoms with Gasteiger partial charge in [-0.1, -0.05) is 43.3 Å². The molecule has 2 rings (SSSR count). The first-order chi connectivity index (χ1) is 12.4. The lowest BCUT2D eigenvalue weighted by Crippen LogP contribution is -2.25. The third-order valence-electron chi connectivity index (χ3n) is 3.60. The summed E-state index contributed by atoms with van der Waals surface area (Å²) in [6, 6.07) is 6.88. The summed E-state index contributed by atoms with van der Waals surface area (Å²) < 4.78 is 0. The molecular formula is C18H22ClN3O2S2. The zero-order valence-corrected chi connectivity index (χ0v) is 17.4. The zero-order valence-electron chi connectivity index (χ0n) is 15.0. The second-order valence-electron chi connectivity index (χ2n) is 5.64. The van der Waals surface area contributed by atoms with E-state index >= 15 is 0 Å². The maximum atomic E-state index is 12.7. The first-order valence-electron chi connectivity index (χ1n) is 8.34. The number of aromatic nitrogens is 2. The number of H-pyrrole nitrogens is 1. The van der Waals surface area contributed by atoms with Crippen LogP contribution in [0.2, 0.25) is 5.02 Å². The standard InChI is InChI=1S/C18H22ClN3O2S2/c1-4-15(17(24)21-14-8-12(19)7-6-11(14)3)26-18-20-13(10-25-5-2)9-16(23)22-18/h6-9,15H,4-5,10H2,1-3H3,(H,21,24)(H,20,22,23). The van der Waals surface area contributed by atoms with Crippen molar-refractivity contribution in [1.29, 1.82) is 0 Å². The molecule has 2 N–H and O–H groups in total. The summed E-state index contributed by atoms with van der Waals surface area (Å²) in [6.45, 7) is 5.90. The molecule has 0 aliphatic carbocycles. The minimum atomic E-state index is -0.370. The number of nitrogens with zero attached hydrogens (tertiary/aromatic N) is 1. The topological polar surface area (TPSA) is 74.8 Å². The second kappa shape index (κ2) is 10.0. The number of hydrogen-bond acceptors (Lipinski definition) is 5. The number of hydrogen-bond donors (Lipinski definition) is 2. The minimum Gasteiger partial charge on any atom is -0.325 e. The van der Waals surface area contributed by atoms with Crippen LogP contribution in [-0.2, 0) is 10.5 Å². The Kier molecular flexibility index (Phi) is 8.06. The average Bonchev–Trinajstić information content (AvgIpc) is 2.60. The second-order valence-corrected chi connectivity index (χ2v) is 8.54. The van der Waals surface area contributed by atoms with E-state index in [1.54, 1.807) is 23.9 Å². The van der Waals surface area contributed by atoms with Gasteiger partial charge < -0.3 is 10.3 Å². The molecule has 26 heavy (non-hydrogen) atoms. The number of anilines is 1. The molecule has 1 atom stereocenters. The molecule has 1 aromatic heterocycles. The van der Waals surface area contributed by atoms with Crippen molar-refractivity contribution in [3.05, 3.63) is 50.9 Å². The van der Waals surface area contributed by atoms with Crippen LogP contribution in [-0.4, -0.2) is 26.9 Å². The van der Waals surface area contributed by atoms with Crippen molar-refractivity contribution in [1.82, 2.24) is 9.97 Å². The summed E-state index contributed by atoms with van der Waals surface area (Å²) in [7, 11) is 0. The van der Waals surface area contributed by atoms with Crippen molar-refractivity contribution in [3.8, 4) is 0 Å². The van der Waals surface area contributed by atoms with Crippen LogP contribution in [0.25, 0.3) is 0 Å². The molecule has 0 radical (unpaired) electrons. The first kappa shape index (κ1) is 20.9. The normalized spacial score (nSPS) is 12.0. The fourth-order valence-corrected chi connectivity index (χ4v) is 3.88. The summed E-state index contributed by atoms with van der Waals surface area (Å²) in [4.78, 5) is 31.7. The van der Waals surface area contributed by atoms with E-state index in [0.29, 0.717) is 28.0 Å². The summed E-state index contributed by atoms with van der Waals surface area (Å²) in [5.74, 6) is 1.49.